The van der Waals surface area contributed by atoms with Crippen LogP contribution in [0.4, 0.5) is 0 Å². The zero-order chi connectivity index (χ0) is 13.8. The third-order valence-electron chi connectivity index (χ3n) is 3.65. The van der Waals surface area contributed by atoms with E-state index in [4.69, 9.17) is 0 Å². The average molecular weight is 261 g/mol. The van der Waals surface area contributed by atoms with Crippen LogP contribution in [0.3, 0.4) is 0 Å². The van der Waals surface area contributed by atoms with Gasteiger partial charge in [-0.25, -0.2) is 0 Å². The first-order chi connectivity index (χ1) is 9.36. The predicted molar refractivity (Wildman–Crippen MR) is 85.4 cm³/mol. The average Bonchev–Trinajstić information content (AvgIpc) is 2.44. The van der Waals surface area contributed by atoms with Gasteiger partial charge in [-0.1, -0.05) is 76.3 Å². The summed E-state index contributed by atoms with van der Waals surface area (Å²) in [7, 11) is 0. The summed E-state index contributed by atoms with van der Waals surface area (Å²) in [6, 6.07) is 10.9. The Labute approximate surface area is 120 Å². The van der Waals surface area contributed by atoms with Gasteiger partial charge in [0.05, 0.1) is 0 Å². The molecule has 0 N–H and O–H groups in total. The van der Waals surface area contributed by atoms with E-state index in [-0.39, 0.29) is 0 Å². The Morgan fingerprint density at radius 2 is 1.32 bits per heavy atom. The molecule has 0 aliphatic heterocycles. The van der Waals surface area contributed by atoms with E-state index in [0.29, 0.717) is 0 Å². The second kappa shape index (κ2) is 11.0. The molecule has 1 aromatic rings. The van der Waals surface area contributed by atoms with Crippen LogP contribution in [0.25, 0.3) is 0 Å². The molecule has 0 saturated carbocycles. The van der Waals surface area contributed by atoms with E-state index >= 15 is 0 Å². The molecule has 1 aromatic carbocycles. The lowest BCUT2D eigenvalue weighted by atomic mass is 10.1. The van der Waals surface area contributed by atoms with E-state index < -0.39 is 0 Å². The Hall–Kier alpha value is -0.820. The van der Waals surface area contributed by atoms with E-state index in [1.165, 1.54) is 63.6 Å². The Morgan fingerprint density at radius 1 is 0.737 bits per heavy atom. The molecule has 1 nitrogen and oxygen atoms in total. The smallest absolute Gasteiger partial charge is 0.0233 e. The molecular formula is C18H31N. The molecule has 0 saturated heterocycles. The SMILES string of the molecule is CCCCCCN(CCCCC)Cc1ccccc1. The van der Waals surface area contributed by atoms with Crippen molar-refractivity contribution in [1.29, 1.82) is 0 Å². The molecule has 19 heavy (non-hydrogen) atoms. The highest BCUT2D eigenvalue weighted by atomic mass is 15.1. The van der Waals surface area contributed by atoms with Crippen molar-refractivity contribution < 1.29 is 0 Å². The molecule has 1 rings (SSSR count). The lowest BCUT2D eigenvalue weighted by Crippen LogP contribution is -2.25. The van der Waals surface area contributed by atoms with Crippen LogP contribution in [0.5, 0.6) is 0 Å². The summed E-state index contributed by atoms with van der Waals surface area (Å²) in [5.74, 6) is 0. The monoisotopic (exact) mass is 261 g/mol. The van der Waals surface area contributed by atoms with Crippen molar-refractivity contribution in [3.05, 3.63) is 35.9 Å². The highest BCUT2D eigenvalue weighted by Gasteiger charge is 2.05. The Balaban J connectivity index is 2.35. The summed E-state index contributed by atoms with van der Waals surface area (Å²) < 4.78 is 0. The van der Waals surface area contributed by atoms with Crippen molar-refractivity contribution in [3.63, 3.8) is 0 Å². The van der Waals surface area contributed by atoms with Gasteiger partial charge >= 0.3 is 0 Å². The van der Waals surface area contributed by atoms with Crippen molar-refractivity contribution >= 4 is 0 Å². The second-order valence-corrected chi connectivity index (χ2v) is 5.53. The van der Waals surface area contributed by atoms with Gasteiger partial charge in [-0.2, -0.15) is 0 Å². The molecule has 0 heterocycles. The van der Waals surface area contributed by atoms with Crippen molar-refractivity contribution in [2.24, 2.45) is 0 Å². The fourth-order valence-corrected chi connectivity index (χ4v) is 2.46. The molecular weight excluding hydrogens is 230 g/mol. The number of benzene rings is 1. The van der Waals surface area contributed by atoms with Gasteiger partial charge < -0.3 is 0 Å². The first-order valence-electron chi connectivity index (χ1n) is 8.13. The van der Waals surface area contributed by atoms with Gasteiger partial charge in [-0.3, -0.25) is 4.90 Å². The van der Waals surface area contributed by atoms with Gasteiger partial charge in [0, 0.05) is 6.54 Å². The lowest BCUT2D eigenvalue weighted by Gasteiger charge is -2.22. The Kier molecular flexibility index (Phi) is 9.44. The summed E-state index contributed by atoms with van der Waals surface area (Å²) >= 11 is 0. The minimum absolute atomic E-state index is 1.12. The molecule has 0 amide bonds. The normalized spacial score (nSPS) is 11.1. The Morgan fingerprint density at radius 3 is 1.95 bits per heavy atom. The van der Waals surface area contributed by atoms with Crippen LogP contribution in [0.15, 0.2) is 30.3 Å². The van der Waals surface area contributed by atoms with E-state index in [1.54, 1.807) is 0 Å². The molecule has 1 heteroatoms. The molecule has 108 valence electrons. The fourth-order valence-electron chi connectivity index (χ4n) is 2.46. The minimum atomic E-state index is 1.12. The van der Waals surface area contributed by atoms with Crippen LogP contribution in [0.2, 0.25) is 0 Å². The lowest BCUT2D eigenvalue weighted by molar-refractivity contribution is 0.253. The van der Waals surface area contributed by atoms with Crippen LogP contribution in [0.1, 0.15) is 64.4 Å². The number of hydrogen-bond donors (Lipinski definition) is 0. The molecule has 0 atom stereocenters. The topological polar surface area (TPSA) is 3.24 Å². The van der Waals surface area contributed by atoms with Crippen LogP contribution in [-0.2, 0) is 6.54 Å². The Bertz CT molecular complexity index is 294. The van der Waals surface area contributed by atoms with Crippen molar-refractivity contribution in [1.82, 2.24) is 4.90 Å². The van der Waals surface area contributed by atoms with Gasteiger partial charge in [0.2, 0.25) is 0 Å². The third kappa shape index (κ3) is 8.05. The standard InChI is InChI=1S/C18H31N/c1-3-5-7-12-16-19(15-11-6-4-2)17-18-13-9-8-10-14-18/h8-10,13-14H,3-7,11-12,15-17H2,1-2H3. The highest BCUT2D eigenvalue weighted by Crippen LogP contribution is 2.09. The maximum Gasteiger partial charge on any atom is 0.0233 e. The van der Waals surface area contributed by atoms with Crippen LogP contribution in [0, 0.1) is 0 Å². The first-order valence-corrected chi connectivity index (χ1v) is 8.13. The molecule has 0 radical (unpaired) electrons. The van der Waals surface area contributed by atoms with E-state index in [1.807, 2.05) is 0 Å². The zero-order valence-corrected chi connectivity index (χ0v) is 12.9. The minimum Gasteiger partial charge on any atom is -0.299 e. The zero-order valence-electron chi connectivity index (χ0n) is 12.9. The van der Waals surface area contributed by atoms with Crippen LogP contribution >= 0.6 is 0 Å². The summed E-state index contributed by atoms with van der Waals surface area (Å²) in [4.78, 5) is 2.64. The van der Waals surface area contributed by atoms with Crippen molar-refractivity contribution in [2.75, 3.05) is 13.1 Å². The van der Waals surface area contributed by atoms with E-state index in [9.17, 15) is 0 Å². The van der Waals surface area contributed by atoms with Gasteiger partial charge in [-0.15, -0.1) is 0 Å². The molecule has 0 bridgehead atoms. The van der Waals surface area contributed by atoms with Gasteiger partial charge in [0.1, 0.15) is 0 Å². The van der Waals surface area contributed by atoms with Gasteiger partial charge in [-0.05, 0) is 31.5 Å². The number of hydrogen-bond acceptors (Lipinski definition) is 1. The molecule has 0 aliphatic rings. The predicted octanol–water partition coefficient (Wildman–Crippen LogP) is 5.26. The summed E-state index contributed by atoms with van der Waals surface area (Å²) in [6.07, 6.45) is 9.47. The van der Waals surface area contributed by atoms with Crippen molar-refractivity contribution in [3.8, 4) is 0 Å². The quantitative estimate of drug-likeness (QED) is 0.491. The molecule has 0 spiro atoms. The highest BCUT2D eigenvalue weighted by molar-refractivity contribution is 5.14. The number of rotatable bonds is 11. The summed E-state index contributed by atoms with van der Waals surface area (Å²) in [5.41, 5.74) is 1.45. The molecule has 0 aromatic heterocycles. The molecule has 0 fully saturated rings. The number of nitrogens with zero attached hydrogens (tertiary/aromatic N) is 1. The third-order valence-corrected chi connectivity index (χ3v) is 3.65. The van der Waals surface area contributed by atoms with E-state index in [2.05, 4.69) is 49.1 Å². The number of unbranched alkanes of at least 4 members (excludes halogenated alkanes) is 5. The van der Waals surface area contributed by atoms with Crippen molar-refractivity contribution in [2.45, 2.75) is 65.3 Å². The fraction of sp³-hybridized carbons (Fsp3) is 0.667. The van der Waals surface area contributed by atoms with Crippen LogP contribution in [-0.4, -0.2) is 18.0 Å². The maximum atomic E-state index is 2.64. The largest absolute Gasteiger partial charge is 0.299 e. The summed E-state index contributed by atoms with van der Waals surface area (Å²) in [5, 5.41) is 0. The van der Waals surface area contributed by atoms with Crippen LogP contribution < -0.4 is 0 Å². The van der Waals surface area contributed by atoms with Gasteiger partial charge in [0.25, 0.3) is 0 Å². The van der Waals surface area contributed by atoms with E-state index in [0.717, 1.165) is 6.54 Å². The molecule has 0 unspecified atom stereocenters. The molecule has 0 aliphatic carbocycles. The second-order valence-electron chi connectivity index (χ2n) is 5.53. The maximum absolute atomic E-state index is 2.64. The first kappa shape index (κ1) is 16.2. The van der Waals surface area contributed by atoms with Gasteiger partial charge in [0.15, 0.2) is 0 Å². The summed E-state index contributed by atoms with van der Waals surface area (Å²) in [6.45, 7) is 8.20.